The Morgan fingerprint density at radius 2 is 2.03 bits per heavy atom. The lowest BCUT2D eigenvalue weighted by Gasteiger charge is -2.37. The monoisotopic (exact) mass is 473 g/mol. The van der Waals surface area contributed by atoms with Gasteiger partial charge in [0, 0.05) is 31.1 Å². The van der Waals surface area contributed by atoms with Crippen molar-refractivity contribution in [2.45, 2.75) is 46.1 Å². The minimum absolute atomic E-state index is 0.130. The fourth-order valence-corrected chi connectivity index (χ4v) is 5.91. The van der Waals surface area contributed by atoms with E-state index in [2.05, 4.69) is 17.1 Å². The molecule has 0 bridgehead atoms. The van der Waals surface area contributed by atoms with Crippen LogP contribution >= 0.6 is 11.3 Å². The number of nitrogens with zero attached hydrogens (tertiary/aromatic N) is 2. The molecule has 0 saturated carbocycles. The van der Waals surface area contributed by atoms with Crippen LogP contribution in [0.4, 0.5) is 5.00 Å². The molecule has 1 aliphatic heterocycles. The largest absolute Gasteiger partial charge is 0.462 e. The molecule has 2 aromatic heterocycles. The molecule has 3 heterocycles. The summed E-state index contributed by atoms with van der Waals surface area (Å²) in [6, 6.07) is 2.97. The highest BCUT2D eigenvalue weighted by Gasteiger charge is 2.32. The van der Waals surface area contributed by atoms with E-state index in [-0.39, 0.29) is 23.8 Å². The summed E-state index contributed by atoms with van der Waals surface area (Å²) < 4.78 is 10.5. The molecule has 8 nitrogen and oxygen atoms in total. The number of fused-ring (bicyclic) bond motifs is 1. The molecule has 1 saturated heterocycles. The first-order valence-electron chi connectivity index (χ1n) is 11.6. The van der Waals surface area contributed by atoms with Gasteiger partial charge in [-0.1, -0.05) is 6.92 Å². The van der Waals surface area contributed by atoms with Crippen LogP contribution in [0, 0.1) is 5.92 Å². The number of carbonyl (C=O) groups is 3. The van der Waals surface area contributed by atoms with Crippen molar-refractivity contribution in [1.82, 2.24) is 9.80 Å². The van der Waals surface area contributed by atoms with E-state index in [1.54, 1.807) is 24.0 Å². The van der Waals surface area contributed by atoms with Crippen LogP contribution in [0.3, 0.4) is 0 Å². The molecule has 2 aliphatic rings. The molecule has 0 aromatic carbocycles. The maximum atomic E-state index is 13.1. The van der Waals surface area contributed by atoms with Gasteiger partial charge in [-0.15, -0.1) is 11.3 Å². The van der Waals surface area contributed by atoms with E-state index < -0.39 is 0 Å². The number of hydrogen-bond acceptors (Lipinski definition) is 7. The fraction of sp³-hybridized carbons (Fsp3) is 0.542. The van der Waals surface area contributed by atoms with E-state index in [1.807, 2.05) is 6.92 Å². The van der Waals surface area contributed by atoms with Crippen molar-refractivity contribution in [3.8, 4) is 0 Å². The van der Waals surface area contributed by atoms with Gasteiger partial charge < -0.3 is 19.4 Å². The Morgan fingerprint density at radius 3 is 2.70 bits per heavy atom. The number of thiophene rings is 1. The van der Waals surface area contributed by atoms with Gasteiger partial charge in [-0.25, -0.2) is 4.79 Å². The summed E-state index contributed by atoms with van der Waals surface area (Å²) in [6.45, 7) is 8.38. The maximum absolute atomic E-state index is 13.1. The lowest BCUT2D eigenvalue weighted by Crippen LogP contribution is -2.54. The van der Waals surface area contributed by atoms with Gasteiger partial charge in [-0.2, -0.15) is 0 Å². The second-order valence-corrected chi connectivity index (χ2v) is 9.85. The van der Waals surface area contributed by atoms with Gasteiger partial charge in [0.2, 0.25) is 5.91 Å². The lowest BCUT2D eigenvalue weighted by atomic mass is 9.88. The molecule has 2 unspecified atom stereocenters. The van der Waals surface area contributed by atoms with E-state index in [0.29, 0.717) is 55.0 Å². The first-order valence-corrected chi connectivity index (χ1v) is 12.4. The van der Waals surface area contributed by atoms with Crippen molar-refractivity contribution in [3.05, 3.63) is 40.2 Å². The first-order chi connectivity index (χ1) is 15.9. The number of nitrogens with one attached hydrogen (secondary N) is 1. The van der Waals surface area contributed by atoms with Crippen LogP contribution in [-0.2, 0) is 22.4 Å². The highest BCUT2D eigenvalue weighted by atomic mass is 32.1. The smallest absolute Gasteiger partial charge is 0.341 e. The summed E-state index contributed by atoms with van der Waals surface area (Å²) in [4.78, 5) is 43.3. The van der Waals surface area contributed by atoms with E-state index in [1.165, 1.54) is 22.5 Å². The number of hydrogen-bond donors (Lipinski definition) is 1. The minimum Gasteiger partial charge on any atom is -0.462 e. The van der Waals surface area contributed by atoms with Crippen LogP contribution in [0.5, 0.6) is 0 Å². The summed E-state index contributed by atoms with van der Waals surface area (Å²) in [5.41, 5.74) is 1.56. The molecule has 33 heavy (non-hydrogen) atoms. The molecular weight excluding hydrogens is 442 g/mol. The Labute approximate surface area is 197 Å². The predicted molar refractivity (Wildman–Crippen MR) is 126 cm³/mol. The molecule has 2 atom stereocenters. The summed E-state index contributed by atoms with van der Waals surface area (Å²) >= 11 is 1.50. The number of amides is 2. The Morgan fingerprint density at radius 1 is 1.27 bits per heavy atom. The summed E-state index contributed by atoms with van der Waals surface area (Å²) in [7, 11) is 0. The van der Waals surface area contributed by atoms with Crippen molar-refractivity contribution in [2.24, 2.45) is 5.92 Å². The van der Waals surface area contributed by atoms with Gasteiger partial charge >= 0.3 is 5.97 Å². The molecule has 1 aliphatic carbocycles. The van der Waals surface area contributed by atoms with E-state index >= 15 is 0 Å². The number of carbonyl (C=O) groups excluding carboxylic acids is 3. The zero-order valence-electron chi connectivity index (χ0n) is 19.4. The van der Waals surface area contributed by atoms with Gasteiger partial charge in [0.05, 0.1) is 24.5 Å². The van der Waals surface area contributed by atoms with Crippen molar-refractivity contribution in [1.29, 1.82) is 0 Å². The molecule has 1 N–H and O–H groups in total. The van der Waals surface area contributed by atoms with E-state index in [9.17, 15) is 14.4 Å². The molecule has 2 aromatic rings. The molecule has 2 amide bonds. The second-order valence-electron chi connectivity index (χ2n) is 8.75. The number of ether oxygens (including phenoxy) is 1. The molecule has 4 rings (SSSR count). The zero-order chi connectivity index (χ0) is 23.5. The highest BCUT2D eigenvalue weighted by Crippen LogP contribution is 2.40. The number of furan rings is 1. The Balaban J connectivity index is 1.42. The maximum Gasteiger partial charge on any atom is 0.341 e. The van der Waals surface area contributed by atoms with Crippen LogP contribution in [0.1, 0.15) is 58.5 Å². The van der Waals surface area contributed by atoms with E-state index in [4.69, 9.17) is 9.15 Å². The molecule has 9 heteroatoms. The molecule has 178 valence electrons. The number of rotatable bonds is 6. The van der Waals surface area contributed by atoms with Crippen LogP contribution in [0.25, 0.3) is 0 Å². The SMILES string of the molecule is CCOC(=O)c1c(NC(=O)C(C)N2CCN(C(=O)c3ccco3)CC2)sc2c1CCC(C)C2. The van der Waals surface area contributed by atoms with Gasteiger partial charge in [-0.05, 0) is 56.7 Å². The third kappa shape index (κ3) is 4.99. The number of piperazine rings is 1. The summed E-state index contributed by atoms with van der Waals surface area (Å²) in [5, 5.41) is 3.61. The second kappa shape index (κ2) is 10.1. The van der Waals surface area contributed by atoms with Gasteiger partial charge in [0.1, 0.15) is 5.00 Å². The van der Waals surface area contributed by atoms with Crippen LogP contribution in [-0.4, -0.2) is 66.4 Å². The minimum atomic E-state index is -0.390. The average molecular weight is 474 g/mol. The zero-order valence-corrected chi connectivity index (χ0v) is 20.2. The van der Waals surface area contributed by atoms with Crippen molar-refractivity contribution in [2.75, 3.05) is 38.1 Å². The van der Waals surface area contributed by atoms with E-state index in [0.717, 1.165) is 24.8 Å². The quantitative estimate of drug-likeness (QED) is 0.647. The average Bonchev–Trinajstić information content (AvgIpc) is 3.46. The molecule has 0 spiro atoms. The normalized spacial score (nSPS) is 19.6. The standard InChI is InChI=1S/C24H31N3O5S/c1-4-31-24(30)20-17-8-7-15(2)14-19(17)33-22(20)25-21(28)16(3)26-9-11-27(12-10-26)23(29)18-6-5-13-32-18/h5-6,13,15-16H,4,7-12,14H2,1-3H3,(H,25,28). The first kappa shape index (κ1) is 23.5. The molecule has 0 radical (unpaired) electrons. The summed E-state index contributed by atoms with van der Waals surface area (Å²) in [5.74, 6) is 0.246. The third-order valence-corrected chi connectivity index (χ3v) is 7.66. The third-order valence-electron chi connectivity index (χ3n) is 6.49. The number of esters is 1. The van der Waals surface area contributed by atoms with Crippen LogP contribution in [0.15, 0.2) is 22.8 Å². The molecule has 1 fully saturated rings. The lowest BCUT2D eigenvalue weighted by molar-refractivity contribution is -0.121. The predicted octanol–water partition coefficient (Wildman–Crippen LogP) is 3.43. The summed E-state index contributed by atoms with van der Waals surface area (Å²) in [6.07, 6.45) is 4.27. The molecular formula is C24H31N3O5S. The Kier molecular flexibility index (Phi) is 7.19. The van der Waals surface area contributed by atoms with Crippen molar-refractivity contribution >= 4 is 34.1 Å². The van der Waals surface area contributed by atoms with Gasteiger partial charge in [0.25, 0.3) is 5.91 Å². The van der Waals surface area contributed by atoms with Gasteiger partial charge in [-0.3, -0.25) is 14.5 Å². The Bertz CT molecular complexity index is 1010. The van der Waals surface area contributed by atoms with Crippen LogP contribution < -0.4 is 5.32 Å². The van der Waals surface area contributed by atoms with Crippen LogP contribution in [0.2, 0.25) is 0 Å². The highest BCUT2D eigenvalue weighted by molar-refractivity contribution is 7.17. The topological polar surface area (TPSA) is 92.1 Å². The Hall–Kier alpha value is -2.65. The fourth-order valence-electron chi connectivity index (χ4n) is 4.51. The van der Waals surface area contributed by atoms with Gasteiger partial charge in [0.15, 0.2) is 5.76 Å². The van der Waals surface area contributed by atoms with Crippen molar-refractivity contribution < 1.29 is 23.5 Å². The van der Waals surface area contributed by atoms with Crippen molar-refractivity contribution in [3.63, 3.8) is 0 Å². The number of anilines is 1.